The molecule has 1 spiro atoms. The molecule has 4 nitrogen and oxygen atoms in total. The molecule has 4 aliphatic rings. The van der Waals surface area contributed by atoms with Gasteiger partial charge in [0.2, 0.25) is 0 Å². The Bertz CT molecular complexity index is 1580. The Balaban J connectivity index is 1.50. The van der Waals surface area contributed by atoms with Crippen LogP contribution in [-0.4, -0.2) is 40.2 Å². The first-order valence-electron chi connectivity index (χ1n) is 12.5. The zero-order chi connectivity index (χ0) is 23.0. The predicted molar refractivity (Wildman–Crippen MR) is 134 cm³/mol. The highest BCUT2D eigenvalue weighted by atomic mass is 16.5. The summed E-state index contributed by atoms with van der Waals surface area (Å²) >= 11 is 0. The molecule has 3 aromatic carbocycles. The summed E-state index contributed by atoms with van der Waals surface area (Å²) < 4.78 is 6.91. The lowest BCUT2D eigenvalue weighted by atomic mass is 9.48. The normalized spacial score (nSPS) is 30.8. The van der Waals surface area contributed by atoms with Crippen molar-refractivity contribution in [3.63, 3.8) is 0 Å². The molecule has 0 unspecified atom stereocenters. The van der Waals surface area contributed by atoms with Gasteiger partial charge >= 0.3 is 0 Å². The van der Waals surface area contributed by atoms with Crippen LogP contribution in [0.15, 0.2) is 48.5 Å². The number of aromatic nitrogens is 1. The van der Waals surface area contributed by atoms with E-state index in [1.54, 1.807) is 0 Å². The summed E-state index contributed by atoms with van der Waals surface area (Å²) in [5.74, 6) is 0.995. The van der Waals surface area contributed by atoms with Gasteiger partial charge in [-0.2, -0.15) is 0 Å². The van der Waals surface area contributed by atoms with Gasteiger partial charge in [0.25, 0.3) is 0 Å². The topological polar surface area (TPSA) is 45.6 Å². The van der Waals surface area contributed by atoms with E-state index in [1.807, 2.05) is 0 Å². The second kappa shape index (κ2) is 5.99. The molecular weight excluding hydrogens is 420 g/mol. The van der Waals surface area contributed by atoms with Crippen LogP contribution < -0.4 is 4.74 Å². The average molecular weight is 449 g/mol. The molecule has 0 saturated carbocycles. The van der Waals surface area contributed by atoms with E-state index in [0.29, 0.717) is 6.42 Å². The maximum absolute atomic E-state index is 12.7. The van der Waals surface area contributed by atoms with Gasteiger partial charge in [0.1, 0.15) is 5.75 Å². The van der Waals surface area contributed by atoms with Gasteiger partial charge in [0.15, 0.2) is 6.10 Å². The van der Waals surface area contributed by atoms with Crippen LogP contribution >= 0.6 is 0 Å². The first-order chi connectivity index (χ1) is 16.4. The third kappa shape index (κ3) is 1.96. The molecule has 1 saturated heterocycles. The molecule has 1 N–H and O–H groups in total. The number of aryl methyl sites for hydroxylation is 2. The molecule has 1 aromatic heterocycles. The number of rotatable bonds is 0. The second-order valence-corrected chi connectivity index (χ2v) is 11.0. The first kappa shape index (κ1) is 19.4. The number of hydrogen-bond acceptors (Lipinski definition) is 4. The number of hydrogen-bond donors (Lipinski definition) is 1. The zero-order valence-electron chi connectivity index (χ0n) is 19.9. The quantitative estimate of drug-likeness (QED) is 0.388. The highest BCUT2D eigenvalue weighted by molar-refractivity contribution is 6.06. The van der Waals surface area contributed by atoms with Crippen molar-refractivity contribution in [3.05, 3.63) is 82.0 Å². The minimum atomic E-state index is -0.874. The number of ether oxygens (including phenoxy) is 1. The molecule has 1 fully saturated rings. The molecule has 0 radical (unpaired) electrons. The van der Waals surface area contributed by atoms with E-state index in [9.17, 15) is 5.11 Å². The lowest BCUT2D eigenvalue weighted by Gasteiger charge is -2.62. The predicted octanol–water partition coefficient (Wildman–Crippen LogP) is 4.92. The number of likely N-dealkylation sites (tertiary alicyclic amines) is 1. The van der Waals surface area contributed by atoms with Crippen molar-refractivity contribution >= 4 is 21.7 Å². The van der Waals surface area contributed by atoms with Crippen LogP contribution in [0.5, 0.6) is 5.75 Å². The van der Waals surface area contributed by atoms with E-state index in [4.69, 9.17) is 9.72 Å². The number of likely N-dealkylation sites (N-methyl/N-ethyl adjacent to an activating group) is 1. The highest BCUT2D eigenvalue weighted by Crippen LogP contribution is 2.67. The summed E-state index contributed by atoms with van der Waals surface area (Å²) in [5, 5.41) is 16.3. The summed E-state index contributed by atoms with van der Waals surface area (Å²) in [4.78, 5) is 7.77. The van der Waals surface area contributed by atoms with Crippen molar-refractivity contribution in [1.82, 2.24) is 9.88 Å². The van der Waals surface area contributed by atoms with E-state index in [0.717, 1.165) is 41.9 Å². The van der Waals surface area contributed by atoms with E-state index in [1.165, 1.54) is 38.4 Å². The number of fused-ring (bicyclic) bond motifs is 5. The largest absolute Gasteiger partial charge is 0.482 e. The monoisotopic (exact) mass is 448 g/mol. The number of pyridine rings is 1. The molecule has 8 rings (SSSR count). The Morgan fingerprint density at radius 2 is 1.91 bits per heavy atom. The molecule has 0 amide bonds. The van der Waals surface area contributed by atoms with Crippen molar-refractivity contribution in [2.24, 2.45) is 0 Å². The number of benzene rings is 3. The summed E-state index contributed by atoms with van der Waals surface area (Å²) in [6.45, 7) is 5.31. The third-order valence-electron chi connectivity index (χ3n) is 9.69. The van der Waals surface area contributed by atoms with Crippen LogP contribution in [0.4, 0.5) is 0 Å². The lowest BCUT2D eigenvalue weighted by Crippen LogP contribution is -2.74. The highest BCUT2D eigenvalue weighted by Gasteiger charge is 2.72. The van der Waals surface area contributed by atoms with E-state index >= 15 is 0 Å². The molecule has 2 aliphatic heterocycles. The van der Waals surface area contributed by atoms with Crippen LogP contribution in [0, 0.1) is 13.8 Å². The Labute approximate surface area is 199 Å². The van der Waals surface area contributed by atoms with Gasteiger partial charge in [0, 0.05) is 28.8 Å². The van der Waals surface area contributed by atoms with Crippen LogP contribution in [0.2, 0.25) is 0 Å². The maximum Gasteiger partial charge on any atom is 0.153 e. The Morgan fingerprint density at radius 3 is 2.79 bits per heavy atom. The van der Waals surface area contributed by atoms with Gasteiger partial charge in [-0.25, -0.2) is 4.98 Å². The number of aliphatic hydroxyl groups is 1. The zero-order valence-corrected chi connectivity index (χ0v) is 19.9. The molecule has 4 atom stereocenters. The van der Waals surface area contributed by atoms with E-state index in [-0.39, 0.29) is 12.1 Å². The molecule has 34 heavy (non-hydrogen) atoms. The summed E-state index contributed by atoms with van der Waals surface area (Å²) in [5.41, 5.74) is 6.96. The van der Waals surface area contributed by atoms with E-state index in [2.05, 4.69) is 74.3 Å². The van der Waals surface area contributed by atoms with Crippen molar-refractivity contribution in [3.8, 4) is 5.75 Å². The van der Waals surface area contributed by atoms with E-state index < -0.39 is 11.0 Å². The average Bonchev–Trinajstić information content (AvgIpc) is 3.20. The summed E-state index contributed by atoms with van der Waals surface area (Å²) in [6.07, 6.45) is 2.13. The second-order valence-electron chi connectivity index (χ2n) is 11.0. The molecule has 2 aliphatic carbocycles. The molecule has 4 aromatic rings. The van der Waals surface area contributed by atoms with Crippen LogP contribution in [-0.2, 0) is 18.3 Å². The standard InChI is InChI=1S/C30H28N2O2/c1-16-8-9-19-14-23-30(33)15-22-17(2)20-11-10-18-6-4-5-7-21(18)25(20)31-26(22)28-29(30,12-13-32(23)3)24(19)27(16)34-28/h4-11,23,28,33H,12-15H2,1-3H3/t23-,28+,29+,30-/m1/s1. The van der Waals surface area contributed by atoms with Crippen molar-refractivity contribution in [1.29, 1.82) is 0 Å². The van der Waals surface area contributed by atoms with Crippen LogP contribution in [0.1, 0.15) is 46.0 Å². The van der Waals surface area contributed by atoms with Crippen molar-refractivity contribution < 1.29 is 9.84 Å². The molecule has 4 heteroatoms. The third-order valence-corrected chi connectivity index (χ3v) is 9.69. The lowest BCUT2D eigenvalue weighted by molar-refractivity contribution is -0.168. The van der Waals surface area contributed by atoms with Crippen molar-refractivity contribution in [2.75, 3.05) is 13.6 Å². The fourth-order valence-electron chi connectivity index (χ4n) is 8.00. The maximum atomic E-state index is 12.7. The molecular formula is C30H28N2O2. The van der Waals surface area contributed by atoms with Crippen LogP contribution in [0.25, 0.3) is 21.7 Å². The van der Waals surface area contributed by atoms with Gasteiger partial charge in [0.05, 0.1) is 22.2 Å². The van der Waals surface area contributed by atoms with Gasteiger partial charge in [-0.05, 0) is 67.9 Å². The van der Waals surface area contributed by atoms with Crippen molar-refractivity contribution in [2.45, 2.75) is 56.3 Å². The smallest absolute Gasteiger partial charge is 0.153 e. The molecule has 2 bridgehead atoms. The van der Waals surface area contributed by atoms with Gasteiger partial charge in [-0.3, -0.25) is 0 Å². The number of piperidine rings is 1. The Morgan fingerprint density at radius 1 is 1.06 bits per heavy atom. The number of nitrogens with zero attached hydrogens (tertiary/aromatic N) is 2. The Hall–Kier alpha value is -2.95. The summed E-state index contributed by atoms with van der Waals surface area (Å²) in [7, 11) is 2.17. The SMILES string of the molecule is Cc1ccc2c3c1O[C@H]1c4nc5c(ccc6ccccc65)c(C)c4C[C@@]4(O)[C@@H](C2)N(C)CC[C@]314. The fourth-order valence-corrected chi connectivity index (χ4v) is 8.00. The molecule has 3 heterocycles. The van der Waals surface area contributed by atoms with Gasteiger partial charge in [-0.1, -0.05) is 48.5 Å². The minimum absolute atomic E-state index is 0.0772. The minimum Gasteiger partial charge on any atom is -0.482 e. The fraction of sp³-hybridized carbons (Fsp3) is 0.367. The first-order valence-corrected chi connectivity index (χ1v) is 12.5. The molecule has 170 valence electrons. The van der Waals surface area contributed by atoms with Gasteiger partial charge < -0.3 is 14.7 Å². The van der Waals surface area contributed by atoms with Gasteiger partial charge in [-0.15, -0.1) is 0 Å². The summed E-state index contributed by atoms with van der Waals surface area (Å²) in [6, 6.07) is 17.4. The Kier molecular flexibility index (Phi) is 3.41. The van der Waals surface area contributed by atoms with Crippen LogP contribution in [0.3, 0.4) is 0 Å².